The average molecular weight is 247 g/mol. The molecule has 0 unspecified atom stereocenters. The summed E-state index contributed by atoms with van der Waals surface area (Å²) >= 11 is 0. The molecule has 1 aromatic carbocycles. The lowest BCUT2D eigenvalue weighted by Gasteiger charge is -2.11. The predicted octanol–water partition coefficient (Wildman–Crippen LogP) is 2.23. The predicted molar refractivity (Wildman–Crippen MR) is 67.4 cm³/mol. The van der Waals surface area contributed by atoms with Crippen LogP contribution in [0.15, 0.2) is 12.1 Å². The van der Waals surface area contributed by atoms with Gasteiger partial charge in [0.15, 0.2) is 0 Å². The Kier molecular flexibility index (Phi) is 5.19. The first-order valence-electron chi connectivity index (χ1n) is 5.91. The van der Waals surface area contributed by atoms with Crippen LogP contribution in [0.25, 0.3) is 0 Å². The molecule has 0 bridgehead atoms. The van der Waals surface area contributed by atoms with Gasteiger partial charge >= 0.3 is 5.97 Å². The maximum atomic E-state index is 11.5. The molecule has 1 aromatic rings. The van der Waals surface area contributed by atoms with Crippen LogP contribution in [0.3, 0.4) is 0 Å². The summed E-state index contributed by atoms with van der Waals surface area (Å²) in [5.74, 6) is 0.299. The Morgan fingerprint density at radius 3 is 2.61 bits per heavy atom. The zero-order valence-electron chi connectivity index (χ0n) is 10.9. The molecule has 0 amide bonds. The first-order valence-corrected chi connectivity index (χ1v) is 5.91. The van der Waals surface area contributed by atoms with E-state index >= 15 is 0 Å². The van der Waals surface area contributed by atoms with Crippen molar-refractivity contribution in [1.29, 1.82) is 5.26 Å². The van der Waals surface area contributed by atoms with Gasteiger partial charge in [-0.05, 0) is 36.6 Å². The highest BCUT2D eigenvalue weighted by Crippen LogP contribution is 2.23. The molecule has 96 valence electrons. The number of nitriles is 1. The van der Waals surface area contributed by atoms with E-state index in [0.29, 0.717) is 24.3 Å². The lowest BCUT2D eigenvalue weighted by atomic mass is 9.97. The second-order valence-electron chi connectivity index (χ2n) is 3.76. The van der Waals surface area contributed by atoms with E-state index in [1.165, 1.54) is 7.11 Å². The highest BCUT2D eigenvalue weighted by molar-refractivity contribution is 5.73. The van der Waals surface area contributed by atoms with Gasteiger partial charge in [-0.2, -0.15) is 5.26 Å². The SMILES string of the molecule is CCOC(=O)Cc1cc(OC)cc(C#N)c1CC. The van der Waals surface area contributed by atoms with E-state index in [4.69, 9.17) is 14.7 Å². The van der Waals surface area contributed by atoms with Crippen LogP contribution in [0.2, 0.25) is 0 Å². The summed E-state index contributed by atoms with van der Waals surface area (Å²) < 4.78 is 10.1. The molecule has 0 radical (unpaired) electrons. The van der Waals surface area contributed by atoms with Gasteiger partial charge < -0.3 is 9.47 Å². The summed E-state index contributed by atoms with van der Waals surface area (Å²) in [4.78, 5) is 11.5. The van der Waals surface area contributed by atoms with Crippen molar-refractivity contribution in [2.24, 2.45) is 0 Å². The molecule has 0 heterocycles. The van der Waals surface area contributed by atoms with E-state index in [1.807, 2.05) is 6.92 Å². The highest BCUT2D eigenvalue weighted by atomic mass is 16.5. The number of carbonyl (C=O) groups is 1. The molecule has 4 nitrogen and oxygen atoms in total. The average Bonchev–Trinajstić information content (AvgIpc) is 2.37. The number of hydrogen-bond donors (Lipinski definition) is 0. The third-order valence-corrected chi connectivity index (χ3v) is 2.67. The first-order chi connectivity index (χ1) is 8.65. The zero-order chi connectivity index (χ0) is 13.5. The lowest BCUT2D eigenvalue weighted by Crippen LogP contribution is -2.10. The number of esters is 1. The Labute approximate surface area is 107 Å². The molecule has 0 aliphatic heterocycles. The third-order valence-electron chi connectivity index (χ3n) is 2.67. The second-order valence-corrected chi connectivity index (χ2v) is 3.76. The summed E-state index contributed by atoms with van der Waals surface area (Å²) in [5, 5.41) is 9.11. The van der Waals surface area contributed by atoms with Gasteiger partial charge in [0, 0.05) is 0 Å². The van der Waals surface area contributed by atoms with Crippen molar-refractivity contribution in [1.82, 2.24) is 0 Å². The van der Waals surface area contributed by atoms with Gasteiger partial charge in [-0.3, -0.25) is 4.79 Å². The molecule has 0 fully saturated rings. The molecular formula is C14H17NO3. The van der Waals surface area contributed by atoms with Crippen molar-refractivity contribution in [2.45, 2.75) is 26.7 Å². The van der Waals surface area contributed by atoms with Crippen molar-refractivity contribution in [2.75, 3.05) is 13.7 Å². The van der Waals surface area contributed by atoms with Gasteiger partial charge in [-0.15, -0.1) is 0 Å². The summed E-state index contributed by atoms with van der Waals surface area (Å²) in [6.07, 6.45) is 0.866. The fourth-order valence-electron chi connectivity index (χ4n) is 1.86. The van der Waals surface area contributed by atoms with Gasteiger partial charge in [-0.1, -0.05) is 6.92 Å². The van der Waals surface area contributed by atoms with E-state index in [0.717, 1.165) is 11.1 Å². The minimum absolute atomic E-state index is 0.170. The zero-order valence-corrected chi connectivity index (χ0v) is 10.9. The summed E-state index contributed by atoms with van der Waals surface area (Å²) in [6, 6.07) is 5.61. The summed E-state index contributed by atoms with van der Waals surface area (Å²) in [7, 11) is 1.54. The molecule has 1 rings (SSSR count). The molecule has 0 aliphatic carbocycles. The number of benzene rings is 1. The normalized spacial score (nSPS) is 9.67. The number of methoxy groups -OCH3 is 1. The molecule has 18 heavy (non-hydrogen) atoms. The molecule has 0 spiro atoms. The number of rotatable bonds is 5. The van der Waals surface area contributed by atoms with Crippen LogP contribution in [0, 0.1) is 11.3 Å². The smallest absolute Gasteiger partial charge is 0.310 e. The van der Waals surface area contributed by atoms with E-state index in [2.05, 4.69) is 6.07 Å². The van der Waals surface area contributed by atoms with Crippen molar-refractivity contribution >= 4 is 5.97 Å². The molecule has 0 saturated heterocycles. The Bertz CT molecular complexity index is 475. The van der Waals surface area contributed by atoms with E-state index in [9.17, 15) is 4.79 Å². The van der Waals surface area contributed by atoms with Crippen LogP contribution in [-0.2, 0) is 22.4 Å². The molecule has 0 atom stereocenters. The molecule has 0 aromatic heterocycles. The highest BCUT2D eigenvalue weighted by Gasteiger charge is 2.13. The van der Waals surface area contributed by atoms with Gasteiger partial charge in [0.25, 0.3) is 0 Å². The fraction of sp³-hybridized carbons (Fsp3) is 0.429. The minimum Gasteiger partial charge on any atom is -0.497 e. The molecule has 0 N–H and O–H groups in total. The summed E-state index contributed by atoms with van der Waals surface area (Å²) in [5.41, 5.74) is 2.23. The van der Waals surface area contributed by atoms with Crippen LogP contribution in [0.5, 0.6) is 5.75 Å². The summed E-state index contributed by atoms with van der Waals surface area (Å²) in [6.45, 7) is 4.08. The lowest BCUT2D eigenvalue weighted by molar-refractivity contribution is -0.142. The van der Waals surface area contributed by atoms with Crippen molar-refractivity contribution in [3.05, 3.63) is 28.8 Å². The van der Waals surface area contributed by atoms with Crippen LogP contribution in [-0.4, -0.2) is 19.7 Å². The number of ether oxygens (including phenoxy) is 2. The number of carbonyl (C=O) groups excluding carboxylic acids is 1. The molecule has 4 heteroatoms. The standard InChI is InChI=1S/C14H17NO3/c1-4-13-10(8-14(16)18-5-2)6-12(17-3)7-11(13)9-15/h6-7H,4-5,8H2,1-3H3. The second kappa shape index (κ2) is 6.65. The maximum absolute atomic E-state index is 11.5. The van der Waals surface area contributed by atoms with Crippen molar-refractivity contribution in [3.8, 4) is 11.8 Å². The van der Waals surface area contributed by atoms with Crippen LogP contribution in [0.4, 0.5) is 0 Å². The van der Waals surface area contributed by atoms with Gasteiger partial charge in [-0.25, -0.2) is 0 Å². The quantitative estimate of drug-likeness (QED) is 0.749. The van der Waals surface area contributed by atoms with E-state index < -0.39 is 0 Å². The minimum atomic E-state index is -0.288. The number of nitrogens with zero attached hydrogens (tertiary/aromatic N) is 1. The fourth-order valence-corrected chi connectivity index (χ4v) is 1.86. The Morgan fingerprint density at radius 2 is 2.11 bits per heavy atom. The van der Waals surface area contributed by atoms with E-state index in [1.54, 1.807) is 19.1 Å². The third kappa shape index (κ3) is 3.24. The van der Waals surface area contributed by atoms with Crippen LogP contribution < -0.4 is 4.74 Å². The molecule has 0 saturated carbocycles. The van der Waals surface area contributed by atoms with Crippen LogP contribution >= 0.6 is 0 Å². The number of hydrogen-bond acceptors (Lipinski definition) is 4. The van der Waals surface area contributed by atoms with Crippen molar-refractivity contribution < 1.29 is 14.3 Å². The monoisotopic (exact) mass is 247 g/mol. The van der Waals surface area contributed by atoms with Gasteiger partial charge in [0.1, 0.15) is 5.75 Å². The topological polar surface area (TPSA) is 59.3 Å². The largest absolute Gasteiger partial charge is 0.497 e. The van der Waals surface area contributed by atoms with E-state index in [-0.39, 0.29) is 12.4 Å². The Morgan fingerprint density at radius 1 is 1.39 bits per heavy atom. The first kappa shape index (κ1) is 14.0. The molecule has 0 aliphatic rings. The maximum Gasteiger partial charge on any atom is 0.310 e. The van der Waals surface area contributed by atoms with Gasteiger partial charge in [0.2, 0.25) is 0 Å². The Balaban J connectivity index is 3.15. The van der Waals surface area contributed by atoms with Crippen molar-refractivity contribution in [3.63, 3.8) is 0 Å². The van der Waals surface area contributed by atoms with Crippen LogP contribution in [0.1, 0.15) is 30.5 Å². The molecular weight excluding hydrogens is 230 g/mol. The van der Waals surface area contributed by atoms with Gasteiger partial charge in [0.05, 0.1) is 31.8 Å². The Hall–Kier alpha value is -2.02.